The van der Waals surface area contributed by atoms with E-state index in [1.165, 1.54) is 6.08 Å². The summed E-state index contributed by atoms with van der Waals surface area (Å²) in [4.78, 5) is 0. The molecule has 5 atom stereocenters. The van der Waals surface area contributed by atoms with E-state index in [9.17, 15) is 15.3 Å². The van der Waals surface area contributed by atoms with Crippen LogP contribution in [0, 0.1) is 0 Å². The standard InChI is InChI=1S/C17H24O7/c1-3-8-22-17-15(20)16(14(19)13(9-18)24-17)23-10-11-4-6-12(21-2)7-5-11/h3-7,13-20H,1,8-10H2,2H3/t13-,14+,15-,16+,17-/m1/s1. The Morgan fingerprint density at radius 1 is 1.17 bits per heavy atom. The number of hydrogen-bond acceptors (Lipinski definition) is 7. The van der Waals surface area contributed by atoms with Gasteiger partial charge in [-0.2, -0.15) is 0 Å². The molecule has 0 radical (unpaired) electrons. The fourth-order valence-electron chi connectivity index (χ4n) is 2.46. The van der Waals surface area contributed by atoms with E-state index in [1.54, 1.807) is 19.2 Å². The van der Waals surface area contributed by atoms with Crippen molar-refractivity contribution in [3.05, 3.63) is 42.5 Å². The summed E-state index contributed by atoms with van der Waals surface area (Å²) in [7, 11) is 1.58. The molecule has 3 N–H and O–H groups in total. The molecule has 1 fully saturated rings. The molecule has 0 aliphatic carbocycles. The molecule has 1 aromatic carbocycles. The van der Waals surface area contributed by atoms with Crippen molar-refractivity contribution >= 4 is 0 Å². The van der Waals surface area contributed by atoms with Gasteiger partial charge in [-0.25, -0.2) is 0 Å². The molecule has 24 heavy (non-hydrogen) atoms. The molecular weight excluding hydrogens is 316 g/mol. The molecule has 0 spiro atoms. The van der Waals surface area contributed by atoms with Crippen LogP contribution in [-0.4, -0.2) is 66.3 Å². The summed E-state index contributed by atoms with van der Waals surface area (Å²) in [5.41, 5.74) is 0.853. The third-order valence-corrected chi connectivity index (χ3v) is 3.80. The summed E-state index contributed by atoms with van der Waals surface area (Å²) in [5.74, 6) is 0.725. The molecule has 7 nitrogen and oxygen atoms in total. The number of aliphatic hydroxyl groups is 3. The molecule has 2 rings (SSSR count). The first kappa shape index (κ1) is 18.9. The van der Waals surface area contributed by atoms with Crippen LogP contribution in [0.2, 0.25) is 0 Å². The van der Waals surface area contributed by atoms with Gasteiger partial charge in [0.25, 0.3) is 0 Å². The topological polar surface area (TPSA) is 97.6 Å². The van der Waals surface area contributed by atoms with Crippen molar-refractivity contribution in [2.45, 2.75) is 37.3 Å². The second-order valence-corrected chi connectivity index (χ2v) is 5.45. The molecule has 0 saturated carbocycles. The lowest BCUT2D eigenvalue weighted by atomic mass is 9.99. The fraction of sp³-hybridized carbons (Fsp3) is 0.529. The normalized spacial score (nSPS) is 30.1. The molecule has 1 aliphatic rings. The highest BCUT2D eigenvalue weighted by molar-refractivity contribution is 5.26. The fourth-order valence-corrected chi connectivity index (χ4v) is 2.46. The van der Waals surface area contributed by atoms with E-state index in [2.05, 4.69) is 6.58 Å². The minimum Gasteiger partial charge on any atom is -0.497 e. The van der Waals surface area contributed by atoms with Crippen LogP contribution in [0.1, 0.15) is 5.56 Å². The lowest BCUT2D eigenvalue weighted by Crippen LogP contribution is -2.60. The number of ether oxygens (including phenoxy) is 4. The Labute approximate surface area is 141 Å². The van der Waals surface area contributed by atoms with Crippen molar-refractivity contribution in [1.82, 2.24) is 0 Å². The van der Waals surface area contributed by atoms with Crippen LogP contribution in [0.5, 0.6) is 5.75 Å². The quantitative estimate of drug-likeness (QED) is 0.583. The van der Waals surface area contributed by atoms with Crippen molar-refractivity contribution in [3.8, 4) is 5.75 Å². The Balaban J connectivity index is 2.02. The monoisotopic (exact) mass is 340 g/mol. The number of rotatable bonds is 8. The van der Waals surface area contributed by atoms with Crippen LogP contribution in [-0.2, 0) is 20.8 Å². The molecular formula is C17H24O7. The smallest absolute Gasteiger partial charge is 0.187 e. The third-order valence-electron chi connectivity index (χ3n) is 3.80. The van der Waals surface area contributed by atoms with Gasteiger partial charge in [0, 0.05) is 0 Å². The van der Waals surface area contributed by atoms with Crippen LogP contribution in [0.25, 0.3) is 0 Å². The second-order valence-electron chi connectivity index (χ2n) is 5.45. The highest BCUT2D eigenvalue weighted by atomic mass is 16.7. The molecule has 1 heterocycles. The largest absolute Gasteiger partial charge is 0.497 e. The number of aliphatic hydroxyl groups excluding tert-OH is 3. The molecule has 0 unspecified atom stereocenters. The number of benzene rings is 1. The highest BCUT2D eigenvalue weighted by Gasteiger charge is 2.45. The predicted molar refractivity (Wildman–Crippen MR) is 85.5 cm³/mol. The lowest BCUT2D eigenvalue weighted by Gasteiger charge is -2.41. The van der Waals surface area contributed by atoms with E-state index in [-0.39, 0.29) is 13.2 Å². The van der Waals surface area contributed by atoms with Crippen molar-refractivity contribution in [3.63, 3.8) is 0 Å². The zero-order valence-electron chi connectivity index (χ0n) is 13.6. The van der Waals surface area contributed by atoms with E-state index in [1.807, 2.05) is 12.1 Å². The Morgan fingerprint density at radius 3 is 2.46 bits per heavy atom. The van der Waals surface area contributed by atoms with E-state index >= 15 is 0 Å². The van der Waals surface area contributed by atoms with Gasteiger partial charge >= 0.3 is 0 Å². The van der Waals surface area contributed by atoms with Gasteiger partial charge in [0.1, 0.15) is 30.2 Å². The van der Waals surface area contributed by atoms with Crippen molar-refractivity contribution in [1.29, 1.82) is 0 Å². The number of methoxy groups -OCH3 is 1. The molecule has 7 heteroatoms. The van der Waals surface area contributed by atoms with Crippen LogP contribution < -0.4 is 4.74 Å². The summed E-state index contributed by atoms with van der Waals surface area (Å²) in [6.45, 7) is 3.46. The van der Waals surface area contributed by atoms with Gasteiger partial charge in [-0.3, -0.25) is 0 Å². The first-order chi connectivity index (χ1) is 11.6. The molecule has 134 valence electrons. The van der Waals surface area contributed by atoms with Crippen LogP contribution in [0.15, 0.2) is 36.9 Å². The van der Waals surface area contributed by atoms with Crippen LogP contribution >= 0.6 is 0 Å². The maximum absolute atomic E-state index is 10.3. The summed E-state index contributed by atoms with van der Waals surface area (Å²) in [5, 5.41) is 29.9. The molecule has 1 saturated heterocycles. The maximum atomic E-state index is 10.3. The number of hydrogen-bond donors (Lipinski definition) is 3. The highest BCUT2D eigenvalue weighted by Crippen LogP contribution is 2.25. The predicted octanol–water partition coefficient (Wildman–Crippen LogP) is 0.222. The van der Waals surface area contributed by atoms with Crippen molar-refractivity contribution in [2.24, 2.45) is 0 Å². The Bertz CT molecular complexity index is 504. The molecule has 0 amide bonds. The van der Waals surface area contributed by atoms with Crippen molar-refractivity contribution < 1.29 is 34.3 Å². The van der Waals surface area contributed by atoms with Gasteiger partial charge in [0.05, 0.1) is 26.9 Å². The van der Waals surface area contributed by atoms with E-state index in [0.717, 1.165) is 11.3 Å². The van der Waals surface area contributed by atoms with Crippen LogP contribution in [0.3, 0.4) is 0 Å². The lowest BCUT2D eigenvalue weighted by molar-refractivity contribution is -0.306. The first-order valence-electron chi connectivity index (χ1n) is 7.70. The molecule has 1 aromatic rings. The molecule has 0 bridgehead atoms. The third kappa shape index (κ3) is 4.54. The Kier molecular flexibility index (Phi) is 7.16. The second kappa shape index (κ2) is 9.12. The SMILES string of the molecule is C=CCO[C@@H]1O[C@H](CO)[C@H](O)[C@H](OCc2ccc(OC)cc2)[C@H]1O. The average Bonchev–Trinajstić information content (AvgIpc) is 2.61. The van der Waals surface area contributed by atoms with E-state index in [4.69, 9.17) is 18.9 Å². The molecule has 0 aromatic heterocycles. The minimum atomic E-state index is -1.19. The summed E-state index contributed by atoms with van der Waals surface area (Å²) in [6.07, 6.45) is -3.71. The first-order valence-corrected chi connectivity index (χ1v) is 7.70. The van der Waals surface area contributed by atoms with Gasteiger partial charge in [0.15, 0.2) is 6.29 Å². The zero-order valence-corrected chi connectivity index (χ0v) is 13.6. The van der Waals surface area contributed by atoms with Gasteiger partial charge in [-0.05, 0) is 17.7 Å². The summed E-state index contributed by atoms with van der Waals surface area (Å²) < 4.78 is 21.4. The summed E-state index contributed by atoms with van der Waals surface area (Å²) >= 11 is 0. The average molecular weight is 340 g/mol. The Morgan fingerprint density at radius 2 is 1.88 bits per heavy atom. The van der Waals surface area contributed by atoms with E-state index < -0.39 is 37.3 Å². The van der Waals surface area contributed by atoms with Gasteiger partial charge < -0.3 is 34.3 Å². The summed E-state index contributed by atoms with van der Waals surface area (Å²) in [6, 6.07) is 7.24. The van der Waals surface area contributed by atoms with Gasteiger partial charge in [-0.1, -0.05) is 18.2 Å². The van der Waals surface area contributed by atoms with Crippen molar-refractivity contribution in [2.75, 3.05) is 20.3 Å². The Hall–Kier alpha value is -1.48. The van der Waals surface area contributed by atoms with Gasteiger partial charge in [-0.15, -0.1) is 6.58 Å². The zero-order chi connectivity index (χ0) is 17.5. The maximum Gasteiger partial charge on any atom is 0.187 e. The van der Waals surface area contributed by atoms with Gasteiger partial charge in [0.2, 0.25) is 0 Å². The molecule has 1 aliphatic heterocycles. The van der Waals surface area contributed by atoms with E-state index in [0.29, 0.717) is 0 Å². The van der Waals surface area contributed by atoms with Crippen LogP contribution in [0.4, 0.5) is 0 Å². The minimum absolute atomic E-state index is 0.168.